The summed E-state index contributed by atoms with van der Waals surface area (Å²) in [5.41, 5.74) is 1.08. The molecule has 3 aromatic rings. The largest absolute Gasteiger partial charge is 0.345 e. The van der Waals surface area contributed by atoms with Crippen LogP contribution in [0, 0.1) is 0 Å². The Bertz CT molecular complexity index is 884. The second-order valence-corrected chi connectivity index (χ2v) is 6.52. The maximum Gasteiger partial charge on any atom is 0.220 e. The van der Waals surface area contributed by atoms with E-state index < -0.39 is 0 Å². The van der Waals surface area contributed by atoms with E-state index in [4.69, 9.17) is 0 Å². The van der Waals surface area contributed by atoms with Crippen molar-refractivity contribution in [2.24, 2.45) is 7.05 Å². The van der Waals surface area contributed by atoms with Crippen LogP contribution in [0.2, 0.25) is 0 Å². The van der Waals surface area contributed by atoms with Gasteiger partial charge >= 0.3 is 0 Å². The average Bonchev–Trinajstić information content (AvgIpc) is 3.30. The number of rotatable bonds is 5. The Kier molecular flexibility index (Phi) is 4.53. The van der Waals surface area contributed by atoms with Crippen molar-refractivity contribution in [3.8, 4) is 5.69 Å². The summed E-state index contributed by atoms with van der Waals surface area (Å²) in [6.07, 6.45) is 8.72. The molecule has 0 radical (unpaired) electrons. The van der Waals surface area contributed by atoms with Gasteiger partial charge in [0.2, 0.25) is 5.91 Å². The van der Waals surface area contributed by atoms with E-state index in [1.54, 1.807) is 6.20 Å². The second kappa shape index (κ2) is 7.13. The van der Waals surface area contributed by atoms with Crippen LogP contribution in [-0.4, -0.2) is 31.1 Å². The first-order valence-electron chi connectivity index (χ1n) is 8.80. The number of aryl methyl sites for hydroxylation is 1. The van der Waals surface area contributed by atoms with Crippen molar-refractivity contribution in [2.45, 2.75) is 31.5 Å². The van der Waals surface area contributed by atoms with Gasteiger partial charge in [0, 0.05) is 50.0 Å². The molecular weight excluding hydrogens is 328 g/mol. The SMILES string of the molecule is Cn1ccnc1[C@@H]1NC(=O)CC[C@H]1NCc1nccn1-c1ccccc1. The highest BCUT2D eigenvalue weighted by atomic mass is 16.1. The van der Waals surface area contributed by atoms with Gasteiger partial charge in [-0.05, 0) is 18.6 Å². The van der Waals surface area contributed by atoms with Gasteiger partial charge in [0.15, 0.2) is 0 Å². The molecule has 1 aromatic carbocycles. The van der Waals surface area contributed by atoms with Crippen LogP contribution in [0.1, 0.15) is 30.5 Å². The second-order valence-electron chi connectivity index (χ2n) is 6.52. The number of hydrogen-bond acceptors (Lipinski definition) is 4. The first kappa shape index (κ1) is 16.5. The molecule has 0 spiro atoms. The third-order valence-electron chi connectivity index (χ3n) is 4.81. The molecule has 0 aliphatic carbocycles. The normalized spacial score (nSPS) is 20.1. The van der Waals surface area contributed by atoms with Gasteiger partial charge in [-0.15, -0.1) is 0 Å². The van der Waals surface area contributed by atoms with Gasteiger partial charge in [-0.2, -0.15) is 0 Å². The van der Waals surface area contributed by atoms with E-state index in [1.807, 2.05) is 48.4 Å². The Morgan fingerprint density at radius 2 is 2.00 bits per heavy atom. The maximum absolute atomic E-state index is 11.9. The van der Waals surface area contributed by atoms with E-state index in [2.05, 4.69) is 37.3 Å². The molecule has 1 saturated heterocycles. The predicted octanol–water partition coefficient (Wildman–Crippen LogP) is 1.72. The van der Waals surface area contributed by atoms with Crippen molar-refractivity contribution in [1.82, 2.24) is 29.7 Å². The highest BCUT2D eigenvalue weighted by molar-refractivity contribution is 5.77. The molecule has 2 N–H and O–H groups in total. The van der Waals surface area contributed by atoms with Gasteiger partial charge in [0.1, 0.15) is 17.7 Å². The summed E-state index contributed by atoms with van der Waals surface area (Å²) in [6, 6.07) is 10.1. The van der Waals surface area contributed by atoms with E-state index in [1.165, 1.54) is 0 Å². The zero-order valence-corrected chi connectivity index (χ0v) is 14.7. The number of carbonyl (C=O) groups excluding carboxylic acids is 1. The lowest BCUT2D eigenvalue weighted by molar-refractivity contribution is -0.124. The number of aromatic nitrogens is 4. The molecule has 1 aliphatic heterocycles. The lowest BCUT2D eigenvalue weighted by Crippen LogP contribution is -2.49. The van der Waals surface area contributed by atoms with Crippen LogP contribution in [0.4, 0.5) is 0 Å². The molecule has 26 heavy (non-hydrogen) atoms. The van der Waals surface area contributed by atoms with E-state index in [-0.39, 0.29) is 18.0 Å². The standard InChI is InChI=1S/C19H22N6O/c1-24-11-9-21-19(24)18-15(7-8-17(26)23-18)22-13-16-20-10-12-25(16)14-5-3-2-4-6-14/h2-6,9-12,15,18,22H,7-8,13H2,1H3,(H,23,26)/t15-,18-/m1/s1. The van der Waals surface area contributed by atoms with Crippen molar-refractivity contribution in [2.75, 3.05) is 0 Å². The van der Waals surface area contributed by atoms with Crippen LogP contribution in [0.5, 0.6) is 0 Å². The molecule has 0 bridgehead atoms. The van der Waals surface area contributed by atoms with Crippen LogP contribution in [0.3, 0.4) is 0 Å². The van der Waals surface area contributed by atoms with Crippen molar-refractivity contribution in [1.29, 1.82) is 0 Å². The number of imidazole rings is 2. The van der Waals surface area contributed by atoms with E-state index in [9.17, 15) is 4.79 Å². The van der Waals surface area contributed by atoms with Crippen LogP contribution < -0.4 is 10.6 Å². The van der Waals surface area contributed by atoms with Crippen LogP contribution in [0.25, 0.3) is 5.69 Å². The van der Waals surface area contributed by atoms with Crippen molar-refractivity contribution in [3.05, 3.63) is 66.8 Å². The van der Waals surface area contributed by atoms with E-state index in [0.29, 0.717) is 13.0 Å². The molecule has 1 fully saturated rings. The lowest BCUT2D eigenvalue weighted by Gasteiger charge is -2.32. The van der Waals surface area contributed by atoms with Gasteiger partial charge in [-0.1, -0.05) is 18.2 Å². The minimum absolute atomic E-state index is 0.0711. The number of piperidine rings is 1. The fourth-order valence-corrected chi connectivity index (χ4v) is 3.45. The molecule has 2 aromatic heterocycles. The molecule has 0 saturated carbocycles. The van der Waals surface area contributed by atoms with Crippen LogP contribution in [0.15, 0.2) is 55.1 Å². The molecule has 3 heterocycles. The summed E-state index contributed by atoms with van der Waals surface area (Å²) >= 11 is 0. The van der Waals surface area contributed by atoms with Gasteiger partial charge in [-0.25, -0.2) is 9.97 Å². The number of nitrogens with zero attached hydrogens (tertiary/aromatic N) is 4. The third-order valence-corrected chi connectivity index (χ3v) is 4.81. The summed E-state index contributed by atoms with van der Waals surface area (Å²) in [6.45, 7) is 0.614. The number of benzene rings is 1. The van der Waals surface area contributed by atoms with Crippen molar-refractivity contribution < 1.29 is 4.79 Å². The van der Waals surface area contributed by atoms with Gasteiger partial charge in [-0.3, -0.25) is 4.79 Å². The molecule has 4 rings (SSSR count). The number of hydrogen-bond donors (Lipinski definition) is 2. The number of amides is 1. The quantitative estimate of drug-likeness (QED) is 0.734. The third kappa shape index (κ3) is 3.25. The van der Waals surface area contributed by atoms with Gasteiger partial charge < -0.3 is 19.8 Å². The predicted molar refractivity (Wildman–Crippen MR) is 97.5 cm³/mol. The number of carbonyl (C=O) groups is 1. The minimum Gasteiger partial charge on any atom is -0.345 e. The molecule has 1 aliphatic rings. The smallest absolute Gasteiger partial charge is 0.220 e. The Morgan fingerprint density at radius 3 is 2.77 bits per heavy atom. The molecule has 134 valence electrons. The zero-order valence-electron chi connectivity index (χ0n) is 14.7. The highest BCUT2D eigenvalue weighted by Gasteiger charge is 2.32. The van der Waals surface area contributed by atoms with Crippen LogP contribution in [-0.2, 0) is 18.4 Å². The maximum atomic E-state index is 11.9. The number of para-hydroxylation sites is 1. The monoisotopic (exact) mass is 350 g/mol. The minimum atomic E-state index is -0.142. The molecule has 7 heteroatoms. The summed E-state index contributed by atoms with van der Waals surface area (Å²) in [5, 5.41) is 6.64. The summed E-state index contributed by atoms with van der Waals surface area (Å²) in [4.78, 5) is 20.8. The van der Waals surface area contributed by atoms with Crippen LogP contribution >= 0.6 is 0 Å². The number of nitrogens with one attached hydrogen (secondary N) is 2. The lowest BCUT2D eigenvalue weighted by atomic mass is 9.97. The first-order chi connectivity index (χ1) is 12.7. The summed E-state index contributed by atoms with van der Waals surface area (Å²) < 4.78 is 4.03. The Hall–Kier alpha value is -2.93. The van der Waals surface area contributed by atoms with Crippen molar-refractivity contribution in [3.63, 3.8) is 0 Å². The fourth-order valence-electron chi connectivity index (χ4n) is 3.45. The van der Waals surface area contributed by atoms with E-state index in [0.717, 1.165) is 23.8 Å². The fraction of sp³-hybridized carbons (Fsp3) is 0.316. The summed E-state index contributed by atoms with van der Waals surface area (Å²) in [7, 11) is 1.95. The Balaban J connectivity index is 1.51. The average molecular weight is 350 g/mol. The van der Waals surface area contributed by atoms with E-state index >= 15 is 0 Å². The topological polar surface area (TPSA) is 76.8 Å². The van der Waals surface area contributed by atoms with Crippen molar-refractivity contribution >= 4 is 5.91 Å². The molecule has 2 atom stereocenters. The zero-order chi connectivity index (χ0) is 17.9. The van der Waals surface area contributed by atoms with Gasteiger partial charge in [0.05, 0.1) is 6.54 Å². The summed E-state index contributed by atoms with van der Waals surface area (Å²) in [5.74, 6) is 1.87. The molecule has 0 unspecified atom stereocenters. The molecule has 7 nitrogen and oxygen atoms in total. The van der Waals surface area contributed by atoms with Gasteiger partial charge in [0.25, 0.3) is 0 Å². The molecular formula is C19H22N6O. The highest BCUT2D eigenvalue weighted by Crippen LogP contribution is 2.23. The Morgan fingerprint density at radius 1 is 1.19 bits per heavy atom. The first-order valence-corrected chi connectivity index (χ1v) is 8.80. The Labute approximate surface area is 152 Å². The molecule has 1 amide bonds.